The molecule has 0 spiro atoms. The molecule has 1 atom stereocenters. The van der Waals surface area contributed by atoms with Gasteiger partial charge in [-0.25, -0.2) is 0 Å². The van der Waals surface area contributed by atoms with Gasteiger partial charge < -0.3 is 9.64 Å². The van der Waals surface area contributed by atoms with Gasteiger partial charge in [-0.1, -0.05) is 11.6 Å². The van der Waals surface area contributed by atoms with Crippen molar-refractivity contribution in [1.82, 2.24) is 10.2 Å². The van der Waals surface area contributed by atoms with Crippen molar-refractivity contribution in [3.05, 3.63) is 28.3 Å². The topological polar surface area (TPSA) is 75.7 Å². The van der Waals surface area contributed by atoms with E-state index in [1.165, 1.54) is 12.0 Å². The van der Waals surface area contributed by atoms with E-state index in [1.54, 1.807) is 12.1 Å². The molecule has 6 nitrogen and oxygen atoms in total. The maximum absolute atomic E-state index is 12.5. The van der Waals surface area contributed by atoms with Crippen LogP contribution < -0.4 is 10.1 Å². The number of hydrogen-bond acceptors (Lipinski definition) is 4. The highest BCUT2D eigenvalue weighted by Gasteiger charge is 2.40. The lowest BCUT2D eigenvalue weighted by Gasteiger charge is -2.29. The summed E-state index contributed by atoms with van der Waals surface area (Å²) in [4.78, 5) is 37.1. The van der Waals surface area contributed by atoms with E-state index in [2.05, 4.69) is 5.32 Å². The van der Waals surface area contributed by atoms with Gasteiger partial charge in [0.2, 0.25) is 11.8 Å². The Labute approximate surface area is 126 Å². The quantitative estimate of drug-likeness (QED) is 0.830. The first-order valence-corrected chi connectivity index (χ1v) is 6.90. The lowest BCUT2D eigenvalue weighted by atomic mass is 10.0. The molecule has 1 N–H and O–H groups in total. The molecule has 1 aromatic rings. The third kappa shape index (κ3) is 2.15. The van der Waals surface area contributed by atoms with Gasteiger partial charge in [0, 0.05) is 17.5 Å². The Morgan fingerprint density at radius 3 is 2.76 bits per heavy atom. The van der Waals surface area contributed by atoms with Crippen LogP contribution in [0.1, 0.15) is 28.8 Å². The van der Waals surface area contributed by atoms with Crippen molar-refractivity contribution in [2.24, 2.45) is 0 Å². The fraction of sp³-hybridized carbons (Fsp3) is 0.357. The van der Waals surface area contributed by atoms with Gasteiger partial charge in [-0.15, -0.1) is 0 Å². The molecule has 1 unspecified atom stereocenters. The zero-order valence-corrected chi connectivity index (χ0v) is 12.1. The molecule has 1 aromatic carbocycles. The number of fused-ring (bicyclic) bond motifs is 1. The van der Waals surface area contributed by atoms with Crippen molar-refractivity contribution in [2.75, 3.05) is 7.11 Å². The van der Waals surface area contributed by atoms with Crippen LogP contribution in [0.2, 0.25) is 5.02 Å². The fourth-order valence-electron chi connectivity index (χ4n) is 2.81. The van der Waals surface area contributed by atoms with Gasteiger partial charge in [0.15, 0.2) is 0 Å². The number of rotatable bonds is 2. The Morgan fingerprint density at radius 2 is 2.10 bits per heavy atom. The number of amides is 3. The van der Waals surface area contributed by atoms with Gasteiger partial charge >= 0.3 is 0 Å². The maximum atomic E-state index is 12.5. The second kappa shape index (κ2) is 5.04. The van der Waals surface area contributed by atoms with E-state index in [-0.39, 0.29) is 24.8 Å². The summed E-state index contributed by atoms with van der Waals surface area (Å²) < 4.78 is 5.25. The van der Waals surface area contributed by atoms with Crippen molar-refractivity contribution < 1.29 is 19.1 Å². The van der Waals surface area contributed by atoms with Crippen LogP contribution in [0.5, 0.6) is 5.75 Å². The second-order valence-corrected chi connectivity index (χ2v) is 5.41. The average molecular weight is 309 g/mol. The van der Waals surface area contributed by atoms with Gasteiger partial charge in [0.25, 0.3) is 5.91 Å². The molecule has 21 heavy (non-hydrogen) atoms. The average Bonchev–Trinajstić information content (AvgIpc) is 2.76. The number of benzene rings is 1. The SMILES string of the molecule is COc1c(Cl)ccc2c1CN(C1CCC(=O)NC1=O)C2=O. The number of carbonyl (C=O) groups excluding carboxylic acids is 3. The molecular weight excluding hydrogens is 296 g/mol. The van der Waals surface area contributed by atoms with E-state index in [1.807, 2.05) is 0 Å². The minimum Gasteiger partial charge on any atom is -0.495 e. The first-order chi connectivity index (χ1) is 10.0. The first-order valence-electron chi connectivity index (χ1n) is 6.53. The van der Waals surface area contributed by atoms with E-state index >= 15 is 0 Å². The van der Waals surface area contributed by atoms with E-state index in [9.17, 15) is 14.4 Å². The summed E-state index contributed by atoms with van der Waals surface area (Å²) in [6.07, 6.45) is 0.564. The van der Waals surface area contributed by atoms with Gasteiger partial charge in [-0.3, -0.25) is 19.7 Å². The van der Waals surface area contributed by atoms with E-state index < -0.39 is 11.9 Å². The number of halogens is 1. The number of imide groups is 1. The van der Waals surface area contributed by atoms with Gasteiger partial charge in [0.05, 0.1) is 18.7 Å². The van der Waals surface area contributed by atoms with Crippen molar-refractivity contribution in [3.63, 3.8) is 0 Å². The Morgan fingerprint density at radius 1 is 1.33 bits per heavy atom. The van der Waals surface area contributed by atoms with Gasteiger partial charge in [0.1, 0.15) is 11.8 Å². The molecule has 0 aliphatic carbocycles. The second-order valence-electron chi connectivity index (χ2n) is 5.01. The molecule has 7 heteroatoms. The minimum atomic E-state index is -0.633. The predicted octanol–water partition coefficient (Wildman–Crippen LogP) is 1.11. The predicted molar refractivity (Wildman–Crippen MR) is 74.0 cm³/mol. The van der Waals surface area contributed by atoms with Crippen molar-refractivity contribution >= 4 is 29.3 Å². The molecule has 1 fully saturated rings. The van der Waals surface area contributed by atoms with Crippen LogP contribution in [0, 0.1) is 0 Å². The van der Waals surface area contributed by atoms with Crippen LogP contribution in [0.3, 0.4) is 0 Å². The standard InChI is InChI=1S/C14H13ClN2O4/c1-21-12-8-6-17(10-4-5-11(18)16-13(10)19)14(20)7(8)2-3-9(12)15/h2-3,10H,4-6H2,1H3,(H,16,18,19). The Bertz CT molecular complexity index is 659. The molecule has 110 valence electrons. The number of methoxy groups -OCH3 is 1. The molecular formula is C14H13ClN2O4. The molecule has 0 bridgehead atoms. The summed E-state index contributed by atoms with van der Waals surface area (Å²) in [6, 6.07) is 2.60. The number of carbonyl (C=O) groups is 3. The molecule has 0 radical (unpaired) electrons. The van der Waals surface area contributed by atoms with Crippen LogP contribution >= 0.6 is 11.6 Å². The zero-order valence-electron chi connectivity index (χ0n) is 11.3. The molecule has 2 heterocycles. The van der Waals surface area contributed by atoms with Crippen LogP contribution in [0.25, 0.3) is 0 Å². The molecule has 1 saturated heterocycles. The number of ether oxygens (including phenoxy) is 1. The normalized spacial score (nSPS) is 21.3. The fourth-order valence-corrected chi connectivity index (χ4v) is 3.06. The Hall–Kier alpha value is -2.08. The molecule has 0 aromatic heterocycles. The highest BCUT2D eigenvalue weighted by molar-refractivity contribution is 6.32. The number of piperidine rings is 1. The van der Waals surface area contributed by atoms with E-state index in [4.69, 9.17) is 16.3 Å². The van der Waals surface area contributed by atoms with Gasteiger partial charge in [-0.05, 0) is 18.6 Å². The lowest BCUT2D eigenvalue weighted by molar-refractivity contribution is -0.136. The number of nitrogens with zero attached hydrogens (tertiary/aromatic N) is 1. The van der Waals surface area contributed by atoms with Crippen LogP contribution in [0.4, 0.5) is 0 Å². The van der Waals surface area contributed by atoms with Crippen molar-refractivity contribution in [2.45, 2.75) is 25.4 Å². The van der Waals surface area contributed by atoms with E-state index in [0.29, 0.717) is 28.3 Å². The molecule has 3 rings (SSSR count). The smallest absolute Gasteiger partial charge is 0.255 e. The van der Waals surface area contributed by atoms with Crippen LogP contribution in [-0.4, -0.2) is 35.8 Å². The third-order valence-corrected chi connectivity index (χ3v) is 4.12. The van der Waals surface area contributed by atoms with Crippen LogP contribution in [0.15, 0.2) is 12.1 Å². The zero-order chi connectivity index (χ0) is 15.1. The molecule has 3 amide bonds. The number of nitrogens with one attached hydrogen (secondary N) is 1. The maximum Gasteiger partial charge on any atom is 0.255 e. The van der Waals surface area contributed by atoms with Crippen LogP contribution in [-0.2, 0) is 16.1 Å². The summed E-state index contributed by atoms with van der Waals surface area (Å²) in [5, 5.41) is 2.69. The lowest BCUT2D eigenvalue weighted by Crippen LogP contribution is -2.52. The Balaban J connectivity index is 1.93. The number of hydrogen-bond donors (Lipinski definition) is 1. The van der Waals surface area contributed by atoms with Crippen molar-refractivity contribution in [1.29, 1.82) is 0 Å². The van der Waals surface area contributed by atoms with E-state index in [0.717, 1.165) is 0 Å². The minimum absolute atomic E-state index is 0.231. The third-order valence-electron chi connectivity index (χ3n) is 3.82. The summed E-state index contributed by atoms with van der Waals surface area (Å²) in [7, 11) is 1.49. The van der Waals surface area contributed by atoms with Crippen molar-refractivity contribution in [3.8, 4) is 5.75 Å². The summed E-state index contributed by atoms with van der Waals surface area (Å²) in [5.74, 6) is -0.523. The molecule has 2 aliphatic heterocycles. The Kier molecular flexibility index (Phi) is 3.33. The summed E-state index contributed by atoms with van der Waals surface area (Å²) in [5.41, 5.74) is 1.17. The highest BCUT2D eigenvalue weighted by atomic mass is 35.5. The summed E-state index contributed by atoms with van der Waals surface area (Å²) in [6.45, 7) is 0.254. The molecule has 0 saturated carbocycles. The monoisotopic (exact) mass is 308 g/mol. The molecule has 2 aliphatic rings. The largest absolute Gasteiger partial charge is 0.495 e. The first kappa shape index (κ1) is 13.9. The summed E-state index contributed by atoms with van der Waals surface area (Å²) >= 11 is 6.06. The highest BCUT2D eigenvalue weighted by Crippen LogP contribution is 2.37. The van der Waals surface area contributed by atoms with Gasteiger partial charge in [-0.2, -0.15) is 0 Å².